The first-order valence-corrected chi connectivity index (χ1v) is 13.9. The monoisotopic (exact) mass is 556 g/mol. The van der Waals surface area contributed by atoms with Crippen molar-refractivity contribution in [2.45, 2.75) is 39.5 Å². The fraction of sp³-hybridized carbons (Fsp3) is 0.267. The van der Waals surface area contributed by atoms with Crippen LogP contribution in [-0.4, -0.2) is 45.9 Å². The van der Waals surface area contributed by atoms with Crippen molar-refractivity contribution in [2.75, 3.05) is 16.7 Å². The van der Waals surface area contributed by atoms with Crippen molar-refractivity contribution in [3.05, 3.63) is 76.6 Å². The number of para-hydroxylation sites is 1. The fourth-order valence-corrected chi connectivity index (χ4v) is 5.17. The lowest BCUT2D eigenvalue weighted by Crippen LogP contribution is -2.23. The number of benzene rings is 2. The Balaban J connectivity index is 0.00000181. The van der Waals surface area contributed by atoms with Crippen LogP contribution < -0.4 is 15.4 Å². The molecule has 0 radical (unpaired) electrons. The lowest BCUT2D eigenvalue weighted by molar-refractivity contribution is 0.0997. The lowest BCUT2D eigenvalue weighted by Gasteiger charge is -2.17. The Morgan fingerprint density at radius 1 is 1.25 bits per heavy atom. The number of fused-ring (bicyclic) bond motifs is 2. The molecule has 208 valence electrons. The van der Waals surface area contributed by atoms with E-state index in [1.165, 1.54) is 7.05 Å². The summed E-state index contributed by atoms with van der Waals surface area (Å²) in [5, 5.41) is 5.77. The number of carbonyl (C=O) groups excluding carboxylic acids is 1. The van der Waals surface area contributed by atoms with Crippen LogP contribution in [-0.2, 0) is 13.6 Å². The minimum Gasteiger partial charge on any atom is -0.359 e. The van der Waals surface area contributed by atoms with E-state index in [9.17, 15) is 4.79 Å². The molecule has 0 fully saturated rings. The summed E-state index contributed by atoms with van der Waals surface area (Å²) in [6.45, 7) is 12.5. The van der Waals surface area contributed by atoms with Gasteiger partial charge in [0.1, 0.15) is 0 Å². The number of carbonyl (C=O) groups is 1. The van der Waals surface area contributed by atoms with Gasteiger partial charge in [0, 0.05) is 64.2 Å². The summed E-state index contributed by atoms with van der Waals surface area (Å²) < 4.78 is 5.22. The van der Waals surface area contributed by atoms with Crippen LogP contribution in [0, 0.1) is 6.92 Å². The number of H-pyrrole nitrogens is 1. The van der Waals surface area contributed by atoms with Crippen LogP contribution in [0.3, 0.4) is 0 Å². The van der Waals surface area contributed by atoms with Crippen molar-refractivity contribution < 1.29 is 4.79 Å². The number of nitrogens with zero attached hydrogens (tertiary/aromatic N) is 5. The number of amides is 1. The normalized spacial score (nSPS) is 13.5. The second-order valence-corrected chi connectivity index (χ2v) is 11.0. The number of aromatic nitrogens is 3. The Bertz CT molecular complexity index is 1590. The number of nitrogens with one attached hydrogen (secondary N) is 2. The maximum atomic E-state index is 13.5. The molecule has 0 saturated heterocycles. The van der Waals surface area contributed by atoms with E-state index >= 15 is 0 Å². The number of aromatic amines is 1. The summed E-state index contributed by atoms with van der Waals surface area (Å²) in [5.41, 5.74) is 12.4. The molecule has 4 N–H and O–H groups in total. The molecule has 0 atom stereocenters. The SMILES string of the molecule is C=N/C(=C(/C)C=Nc1cc(C)n(C)n1)c1c[nH]c2c(N3Cc4c(NSC(C)C)cccc4C3=O)cccc12.CN. The minimum atomic E-state index is -0.00609. The van der Waals surface area contributed by atoms with Crippen molar-refractivity contribution >= 4 is 64.6 Å². The van der Waals surface area contributed by atoms with Crippen LogP contribution in [0.25, 0.3) is 16.6 Å². The number of aliphatic imine (C=N–C) groups is 2. The average molecular weight is 557 g/mol. The number of rotatable bonds is 8. The Labute approximate surface area is 239 Å². The molecule has 5 rings (SSSR count). The van der Waals surface area contributed by atoms with Gasteiger partial charge in [0.25, 0.3) is 5.91 Å². The number of hydrogen-bond acceptors (Lipinski definition) is 7. The smallest absolute Gasteiger partial charge is 0.259 e. The summed E-state index contributed by atoms with van der Waals surface area (Å²) >= 11 is 1.64. The largest absolute Gasteiger partial charge is 0.359 e. The van der Waals surface area contributed by atoms with Crippen molar-refractivity contribution in [3.8, 4) is 0 Å². The van der Waals surface area contributed by atoms with Gasteiger partial charge in [-0.3, -0.25) is 14.5 Å². The molecule has 3 heterocycles. The summed E-state index contributed by atoms with van der Waals surface area (Å²) in [6, 6.07) is 13.8. The van der Waals surface area contributed by atoms with Crippen LogP contribution in [0.1, 0.15) is 48.0 Å². The van der Waals surface area contributed by atoms with E-state index in [-0.39, 0.29) is 5.91 Å². The quantitative estimate of drug-likeness (QED) is 0.175. The van der Waals surface area contributed by atoms with Gasteiger partial charge in [0.05, 0.1) is 23.4 Å². The predicted octanol–water partition coefficient (Wildman–Crippen LogP) is 6.25. The molecule has 0 aliphatic carbocycles. The van der Waals surface area contributed by atoms with Gasteiger partial charge >= 0.3 is 0 Å². The highest BCUT2D eigenvalue weighted by molar-refractivity contribution is 8.01. The van der Waals surface area contributed by atoms with Crippen LogP contribution in [0.2, 0.25) is 0 Å². The number of hydrogen-bond donors (Lipinski definition) is 3. The van der Waals surface area contributed by atoms with E-state index in [4.69, 9.17) is 0 Å². The molecule has 0 saturated carbocycles. The number of anilines is 2. The van der Waals surface area contributed by atoms with Crippen molar-refractivity contribution in [1.29, 1.82) is 0 Å². The van der Waals surface area contributed by atoms with E-state index < -0.39 is 0 Å². The molecule has 0 bridgehead atoms. The Kier molecular flexibility index (Phi) is 8.91. The Morgan fingerprint density at radius 2 is 2.00 bits per heavy atom. The predicted molar refractivity (Wildman–Crippen MR) is 170 cm³/mol. The first kappa shape index (κ1) is 28.8. The Hall–Kier alpha value is -4.15. The second-order valence-electron chi connectivity index (χ2n) is 9.61. The first-order valence-electron chi connectivity index (χ1n) is 13.0. The Morgan fingerprint density at radius 3 is 2.67 bits per heavy atom. The molecule has 4 aromatic rings. The third-order valence-electron chi connectivity index (χ3n) is 6.63. The van der Waals surface area contributed by atoms with Gasteiger partial charge in [-0.1, -0.05) is 32.0 Å². The molecule has 40 heavy (non-hydrogen) atoms. The molecule has 10 heteroatoms. The van der Waals surface area contributed by atoms with Crippen LogP contribution in [0.15, 0.2) is 64.2 Å². The van der Waals surface area contributed by atoms with Gasteiger partial charge in [-0.15, -0.1) is 0 Å². The van der Waals surface area contributed by atoms with E-state index in [1.54, 1.807) is 22.8 Å². The minimum absolute atomic E-state index is 0.00609. The van der Waals surface area contributed by atoms with Crippen LogP contribution in [0.4, 0.5) is 17.2 Å². The molecule has 0 spiro atoms. The van der Waals surface area contributed by atoms with Gasteiger partial charge in [0.15, 0.2) is 5.82 Å². The second kappa shape index (κ2) is 12.4. The zero-order chi connectivity index (χ0) is 29.0. The standard InChI is InChI=1S/C29H31N7OS.CH5N/c1-17(2)38-34-24-11-7-10-21-23(24)16-36(29(21)37)25-12-8-9-20-22(15-32-28(20)25)27(30-5)18(3)14-31-26-13-19(4)35(6)33-26;1-2/h7-15,17,32,34H,5,16H2,1-4,6H3;2H2,1H3/b27-18-,31-14?;. The molecule has 0 unspecified atom stereocenters. The average Bonchev–Trinajstić information content (AvgIpc) is 3.63. The zero-order valence-corrected chi connectivity index (χ0v) is 24.6. The van der Waals surface area contributed by atoms with Gasteiger partial charge in [-0.2, -0.15) is 5.10 Å². The summed E-state index contributed by atoms with van der Waals surface area (Å²) in [6.07, 6.45) is 3.68. The highest BCUT2D eigenvalue weighted by Gasteiger charge is 2.32. The third-order valence-corrected chi connectivity index (χ3v) is 7.44. The number of aryl methyl sites for hydroxylation is 2. The molecule has 1 aliphatic heterocycles. The zero-order valence-electron chi connectivity index (χ0n) is 23.8. The van der Waals surface area contributed by atoms with Gasteiger partial charge in [-0.05, 0) is 63.3 Å². The van der Waals surface area contributed by atoms with Gasteiger partial charge in [0.2, 0.25) is 0 Å². The summed E-state index contributed by atoms with van der Waals surface area (Å²) in [5.74, 6) is 0.634. The lowest BCUT2D eigenvalue weighted by atomic mass is 10.1. The molecule has 2 aromatic carbocycles. The fourth-order valence-electron chi connectivity index (χ4n) is 4.61. The molecule has 1 amide bonds. The van der Waals surface area contributed by atoms with Gasteiger partial charge in [-0.25, -0.2) is 4.99 Å². The highest BCUT2D eigenvalue weighted by Crippen LogP contribution is 2.38. The van der Waals surface area contributed by atoms with Crippen LogP contribution in [0.5, 0.6) is 0 Å². The van der Waals surface area contributed by atoms with Crippen molar-refractivity contribution in [2.24, 2.45) is 22.8 Å². The molecule has 2 aromatic heterocycles. The van der Waals surface area contributed by atoms with E-state index in [0.29, 0.717) is 17.6 Å². The third kappa shape index (κ3) is 5.59. The number of allylic oxidation sites excluding steroid dienone is 1. The van der Waals surface area contributed by atoms with Crippen molar-refractivity contribution in [1.82, 2.24) is 14.8 Å². The van der Waals surface area contributed by atoms with E-state index in [1.807, 2.05) is 74.5 Å². The van der Waals surface area contributed by atoms with Crippen LogP contribution >= 0.6 is 11.9 Å². The highest BCUT2D eigenvalue weighted by atomic mass is 32.2. The summed E-state index contributed by atoms with van der Waals surface area (Å²) in [7, 11) is 3.39. The molecule has 9 nitrogen and oxygen atoms in total. The maximum Gasteiger partial charge on any atom is 0.259 e. The summed E-state index contributed by atoms with van der Waals surface area (Å²) in [4.78, 5) is 27.6. The molecule has 1 aliphatic rings. The van der Waals surface area contributed by atoms with E-state index in [0.717, 1.165) is 55.9 Å². The molecular formula is C30H36N8OS. The maximum absolute atomic E-state index is 13.5. The number of nitrogens with two attached hydrogens (primary N) is 1. The van der Waals surface area contributed by atoms with Gasteiger partial charge < -0.3 is 20.3 Å². The van der Waals surface area contributed by atoms with E-state index in [2.05, 4.69) is 51.1 Å². The van der Waals surface area contributed by atoms with Crippen molar-refractivity contribution in [3.63, 3.8) is 0 Å². The molecular weight excluding hydrogens is 520 g/mol. The topological polar surface area (TPSA) is 117 Å². The first-order chi connectivity index (χ1) is 19.3.